The summed E-state index contributed by atoms with van der Waals surface area (Å²) in [6.45, 7) is 0. The third-order valence-electron chi connectivity index (χ3n) is 3.60. The lowest BCUT2D eigenvalue weighted by atomic mass is 10.1. The number of nitrogens with one attached hydrogen (secondary N) is 1. The predicted octanol–water partition coefficient (Wildman–Crippen LogP) is 3.93. The number of fused-ring (bicyclic) bond motifs is 1. The van der Waals surface area contributed by atoms with Crippen molar-refractivity contribution in [3.63, 3.8) is 0 Å². The minimum Gasteiger partial charge on any atom is -0.325 e. The number of rotatable bonds is 4. The number of nitrogens with zero attached hydrogens (tertiary/aromatic N) is 1. The summed E-state index contributed by atoms with van der Waals surface area (Å²) < 4.78 is 0. The largest absolute Gasteiger partial charge is 0.325 e. The third-order valence-corrected chi connectivity index (χ3v) is 3.60. The van der Waals surface area contributed by atoms with E-state index in [0.717, 1.165) is 10.8 Å². The third kappa shape index (κ3) is 3.18. The molecule has 0 unspecified atom stereocenters. The summed E-state index contributed by atoms with van der Waals surface area (Å²) in [5.74, 6) is -0.282. The number of hydrogen-bond donors (Lipinski definition) is 1. The van der Waals surface area contributed by atoms with Gasteiger partial charge in [0, 0.05) is 22.7 Å². The maximum atomic E-state index is 12.3. The number of para-hydroxylation sites is 1. The zero-order valence-corrected chi connectivity index (χ0v) is 12.2. The number of carbonyl (C=O) groups excluding carboxylic acids is 1. The Hall–Kier alpha value is -3.21. The van der Waals surface area contributed by atoms with Crippen molar-refractivity contribution < 1.29 is 9.72 Å². The monoisotopic (exact) mass is 306 g/mol. The fourth-order valence-electron chi connectivity index (χ4n) is 2.54. The number of benzene rings is 3. The molecule has 1 N–H and O–H groups in total. The first-order chi connectivity index (χ1) is 11.1. The van der Waals surface area contributed by atoms with Crippen molar-refractivity contribution in [2.45, 2.75) is 6.42 Å². The maximum absolute atomic E-state index is 12.3. The van der Waals surface area contributed by atoms with Gasteiger partial charge in [0.1, 0.15) is 0 Å². The molecule has 0 aromatic heterocycles. The van der Waals surface area contributed by atoms with Crippen LogP contribution in [-0.4, -0.2) is 10.8 Å². The zero-order chi connectivity index (χ0) is 16.2. The molecule has 114 valence electrons. The molecule has 3 aromatic rings. The van der Waals surface area contributed by atoms with Gasteiger partial charge in [0.25, 0.3) is 5.69 Å². The molecule has 0 spiro atoms. The molecule has 0 aliphatic carbocycles. The molecule has 0 aliphatic heterocycles. The number of hydrogen-bond acceptors (Lipinski definition) is 3. The quantitative estimate of drug-likeness (QED) is 0.586. The summed E-state index contributed by atoms with van der Waals surface area (Å²) in [7, 11) is 0. The van der Waals surface area contributed by atoms with Crippen LogP contribution < -0.4 is 5.32 Å². The van der Waals surface area contributed by atoms with Crippen molar-refractivity contribution in [3.8, 4) is 0 Å². The van der Waals surface area contributed by atoms with Crippen LogP contribution in [0.2, 0.25) is 0 Å². The van der Waals surface area contributed by atoms with Crippen molar-refractivity contribution in [3.05, 3.63) is 82.4 Å². The molecule has 0 radical (unpaired) electrons. The fourth-order valence-corrected chi connectivity index (χ4v) is 2.54. The number of nitro benzene ring substituents is 1. The van der Waals surface area contributed by atoms with Gasteiger partial charge in [-0.1, -0.05) is 54.6 Å². The molecule has 0 saturated heterocycles. The van der Waals surface area contributed by atoms with Gasteiger partial charge < -0.3 is 5.32 Å². The Kier molecular flexibility index (Phi) is 4.01. The van der Waals surface area contributed by atoms with Crippen LogP contribution in [0.4, 0.5) is 11.4 Å². The molecule has 3 rings (SSSR count). The molecule has 3 aromatic carbocycles. The molecule has 5 heteroatoms. The highest BCUT2D eigenvalue weighted by atomic mass is 16.6. The van der Waals surface area contributed by atoms with E-state index < -0.39 is 4.92 Å². The van der Waals surface area contributed by atoms with Gasteiger partial charge >= 0.3 is 0 Å². The van der Waals surface area contributed by atoms with Crippen LogP contribution in [0, 0.1) is 10.1 Å². The second-order valence-electron chi connectivity index (χ2n) is 5.14. The molecule has 0 atom stereocenters. The average Bonchev–Trinajstić information content (AvgIpc) is 2.55. The van der Waals surface area contributed by atoms with Crippen LogP contribution in [0.15, 0.2) is 66.7 Å². The van der Waals surface area contributed by atoms with E-state index in [2.05, 4.69) is 5.32 Å². The number of nitro groups is 1. The zero-order valence-electron chi connectivity index (χ0n) is 12.2. The van der Waals surface area contributed by atoms with Crippen LogP contribution in [0.5, 0.6) is 0 Å². The SMILES string of the molecule is O=C(Cc1ccccc1[N+](=O)[O-])Nc1cccc2ccccc12. The Bertz CT molecular complexity index is 885. The summed E-state index contributed by atoms with van der Waals surface area (Å²) in [6, 6.07) is 19.7. The first-order valence-corrected chi connectivity index (χ1v) is 7.15. The summed E-state index contributed by atoms with van der Waals surface area (Å²) in [5.41, 5.74) is 1.06. The van der Waals surface area contributed by atoms with Crippen LogP contribution in [0.3, 0.4) is 0 Å². The van der Waals surface area contributed by atoms with E-state index in [1.54, 1.807) is 18.2 Å². The highest BCUT2D eigenvalue weighted by Gasteiger charge is 2.15. The smallest absolute Gasteiger partial charge is 0.273 e. The van der Waals surface area contributed by atoms with Crippen LogP contribution in [0.1, 0.15) is 5.56 Å². The first kappa shape index (κ1) is 14.7. The Labute approximate surface area is 132 Å². The average molecular weight is 306 g/mol. The second kappa shape index (κ2) is 6.27. The van der Waals surface area contributed by atoms with E-state index in [0.29, 0.717) is 11.3 Å². The molecule has 0 heterocycles. The van der Waals surface area contributed by atoms with Gasteiger partial charge in [0.2, 0.25) is 5.91 Å². The molecule has 0 saturated carbocycles. The number of carbonyl (C=O) groups is 1. The maximum Gasteiger partial charge on any atom is 0.273 e. The van der Waals surface area contributed by atoms with Crippen LogP contribution in [0.25, 0.3) is 10.8 Å². The standard InChI is InChI=1S/C18H14N2O3/c21-18(12-14-7-2-4-11-17(14)20(22)23)19-16-10-5-8-13-6-1-3-9-15(13)16/h1-11H,12H2,(H,19,21). The Balaban J connectivity index is 1.84. The Morgan fingerprint density at radius 3 is 2.48 bits per heavy atom. The lowest BCUT2D eigenvalue weighted by Gasteiger charge is -2.09. The van der Waals surface area contributed by atoms with Gasteiger partial charge in [0.05, 0.1) is 11.3 Å². The molecule has 0 fully saturated rings. The molecular weight excluding hydrogens is 292 g/mol. The topological polar surface area (TPSA) is 72.2 Å². The van der Waals surface area contributed by atoms with Crippen molar-refractivity contribution >= 4 is 28.1 Å². The normalized spacial score (nSPS) is 10.4. The van der Waals surface area contributed by atoms with Gasteiger partial charge in [-0.05, 0) is 11.5 Å². The molecule has 0 aliphatic rings. The molecule has 23 heavy (non-hydrogen) atoms. The Morgan fingerprint density at radius 2 is 1.65 bits per heavy atom. The van der Waals surface area contributed by atoms with Crippen molar-refractivity contribution in [1.82, 2.24) is 0 Å². The molecule has 1 amide bonds. The summed E-state index contributed by atoms with van der Waals surface area (Å²) in [5, 5.41) is 15.8. The minimum absolute atomic E-state index is 0.0411. The minimum atomic E-state index is -0.472. The fraction of sp³-hybridized carbons (Fsp3) is 0.0556. The lowest BCUT2D eigenvalue weighted by Crippen LogP contribution is -2.15. The van der Waals surface area contributed by atoms with E-state index in [1.165, 1.54) is 6.07 Å². The van der Waals surface area contributed by atoms with Gasteiger partial charge in [-0.15, -0.1) is 0 Å². The van der Waals surface area contributed by atoms with E-state index in [-0.39, 0.29) is 18.0 Å². The van der Waals surface area contributed by atoms with Gasteiger partial charge in [0.15, 0.2) is 0 Å². The van der Waals surface area contributed by atoms with Crippen molar-refractivity contribution in [2.75, 3.05) is 5.32 Å². The summed E-state index contributed by atoms with van der Waals surface area (Å²) in [4.78, 5) is 22.8. The van der Waals surface area contributed by atoms with Crippen molar-refractivity contribution in [1.29, 1.82) is 0 Å². The number of anilines is 1. The predicted molar refractivity (Wildman–Crippen MR) is 89.4 cm³/mol. The second-order valence-corrected chi connectivity index (χ2v) is 5.14. The van der Waals surface area contributed by atoms with E-state index in [1.807, 2.05) is 42.5 Å². The Morgan fingerprint density at radius 1 is 0.957 bits per heavy atom. The summed E-state index contributed by atoms with van der Waals surface area (Å²) in [6.07, 6.45) is -0.0413. The molecule has 5 nitrogen and oxygen atoms in total. The number of amides is 1. The first-order valence-electron chi connectivity index (χ1n) is 7.15. The molecular formula is C18H14N2O3. The van der Waals surface area contributed by atoms with E-state index >= 15 is 0 Å². The summed E-state index contributed by atoms with van der Waals surface area (Å²) >= 11 is 0. The highest BCUT2D eigenvalue weighted by Crippen LogP contribution is 2.24. The van der Waals surface area contributed by atoms with Gasteiger partial charge in [-0.25, -0.2) is 0 Å². The van der Waals surface area contributed by atoms with Crippen LogP contribution in [-0.2, 0) is 11.2 Å². The van der Waals surface area contributed by atoms with E-state index in [4.69, 9.17) is 0 Å². The highest BCUT2D eigenvalue weighted by molar-refractivity contribution is 6.02. The van der Waals surface area contributed by atoms with Gasteiger partial charge in [-0.3, -0.25) is 14.9 Å². The molecule has 0 bridgehead atoms. The van der Waals surface area contributed by atoms with E-state index in [9.17, 15) is 14.9 Å². The lowest BCUT2D eigenvalue weighted by molar-refractivity contribution is -0.385. The van der Waals surface area contributed by atoms with Crippen LogP contribution >= 0.6 is 0 Å². The van der Waals surface area contributed by atoms with Gasteiger partial charge in [-0.2, -0.15) is 0 Å². The van der Waals surface area contributed by atoms with Crippen molar-refractivity contribution in [2.24, 2.45) is 0 Å².